The second kappa shape index (κ2) is 6.44. The van der Waals surface area contributed by atoms with Crippen molar-refractivity contribution in [3.05, 3.63) is 23.8 Å². The van der Waals surface area contributed by atoms with Crippen LogP contribution in [0.4, 0.5) is 0 Å². The van der Waals surface area contributed by atoms with Gasteiger partial charge < -0.3 is 24.8 Å². The standard InChI is InChI=1S/C12H18O5/c1-3-17-10-5-8(4-9(6-10)16-2)12(15)11(14)7-13/h4-6,11-15H,3,7H2,1-2H3. The number of hydrogen-bond acceptors (Lipinski definition) is 5. The molecule has 3 N–H and O–H groups in total. The van der Waals surface area contributed by atoms with Crippen LogP contribution in [-0.4, -0.2) is 41.7 Å². The predicted molar refractivity (Wildman–Crippen MR) is 62.2 cm³/mol. The maximum Gasteiger partial charge on any atom is 0.123 e. The smallest absolute Gasteiger partial charge is 0.123 e. The zero-order chi connectivity index (χ0) is 12.8. The molecule has 96 valence electrons. The van der Waals surface area contributed by atoms with Crippen molar-refractivity contribution in [2.45, 2.75) is 19.1 Å². The summed E-state index contributed by atoms with van der Waals surface area (Å²) in [5.74, 6) is 1.07. The van der Waals surface area contributed by atoms with Crippen molar-refractivity contribution >= 4 is 0 Å². The van der Waals surface area contributed by atoms with Gasteiger partial charge in [0.15, 0.2) is 0 Å². The van der Waals surface area contributed by atoms with Crippen LogP contribution in [-0.2, 0) is 0 Å². The van der Waals surface area contributed by atoms with E-state index in [0.717, 1.165) is 0 Å². The van der Waals surface area contributed by atoms with Gasteiger partial charge >= 0.3 is 0 Å². The molecule has 5 nitrogen and oxygen atoms in total. The fourth-order valence-corrected chi connectivity index (χ4v) is 1.45. The van der Waals surface area contributed by atoms with Crippen molar-refractivity contribution in [2.24, 2.45) is 0 Å². The minimum absolute atomic E-state index is 0.439. The van der Waals surface area contributed by atoms with E-state index >= 15 is 0 Å². The third-order valence-electron chi connectivity index (χ3n) is 2.34. The number of aliphatic hydroxyl groups excluding tert-OH is 3. The molecule has 0 saturated heterocycles. The second-order valence-electron chi connectivity index (χ2n) is 3.57. The number of ether oxygens (including phenoxy) is 2. The summed E-state index contributed by atoms with van der Waals surface area (Å²) in [4.78, 5) is 0. The van der Waals surface area contributed by atoms with E-state index in [0.29, 0.717) is 23.7 Å². The first-order chi connectivity index (χ1) is 8.12. The van der Waals surface area contributed by atoms with Crippen LogP contribution in [0.15, 0.2) is 18.2 Å². The minimum Gasteiger partial charge on any atom is -0.497 e. The van der Waals surface area contributed by atoms with Gasteiger partial charge in [0.2, 0.25) is 0 Å². The molecule has 1 rings (SSSR count). The molecule has 17 heavy (non-hydrogen) atoms. The Balaban J connectivity index is 3.01. The highest BCUT2D eigenvalue weighted by molar-refractivity contribution is 5.39. The summed E-state index contributed by atoms with van der Waals surface area (Å²) in [6.45, 7) is 1.83. The van der Waals surface area contributed by atoms with Gasteiger partial charge in [-0.2, -0.15) is 0 Å². The van der Waals surface area contributed by atoms with Gasteiger partial charge in [-0.15, -0.1) is 0 Å². The van der Waals surface area contributed by atoms with E-state index in [2.05, 4.69) is 0 Å². The van der Waals surface area contributed by atoms with Gasteiger partial charge in [0.25, 0.3) is 0 Å². The summed E-state index contributed by atoms with van der Waals surface area (Å²) < 4.78 is 10.4. The lowest BCUT2D eigenvalue weighted by Crippen LogP contribution is -2.22. The first-order valence-corrected chi connectivity index (χ1v) is 5.41. The zero-order valence-electron chi connectivity index (χ0n) is 9.96. The SMILES string of the molecule is CCOc1cc(OC)cc(C(O)C(O)CO)c1. The zero-order valence-corrected chi connectivity index (χ0v) is 9.96. The van der Waals surface area contributed by atoms with Crippen LogP contribution < -0.4 is 9.47 Å². The van der Waals surface area contributed by atoms with Crippen LogP contribution in [0.1, 0.15) is 18.6 Å². The molecule has 2 unspecified atom stereocenters. The maximum absolute atomic E-state index is 9.78. The van der Waals surface area contributed by atoms with Crippen molar-refractivity contribution in [3.8, 4) is 11.5 Å². The highest BCUT2D eigenvalue weighted by Crippen LogP contribution is 2.28. The van der Waals surface area contributed by atoms with E-state index in [1.165, 1.54) is 7.11 Å². The molecular formula is C12H18O5. The van der Waals surface area contributed by atoms with E-state index in [-0.39, 0.29) is 0 Å². The van der Waals surface area contributed by atoms with Gasteiger partial charge in [0.05, 0.1) is 20.3 Å². The van der Waals surface area contributed by atoms with Crippen LogP contribution in [0, 0.1) is 0 Å². The Morgan fingerprint density at radius 1 is 1.18 bits per heavy atom. The summed E-state index contributed by atoms with van der Waals surface area (Å²) >= 11 is 0. The third kappa shape index (κ3) is 3.59. The lowest BCUT2D eigenvalue weighted by atomic mass is 10.0. The summed E-state index contributed by atoms with van der Waals surface area (Å²) in [6, 6.07) is 4.88. The Morgan fingerprint density at radius 2 is 1.82 bits per heavy atom. The lowest BCUT2D eigenvalue weighted by Gasteiger charge is -2.17. The molecule has 1 aromatic rings. The molecule has 1 aromatic carbocycles. The number of methoxy groups -OCH3 is 1. The van der Waals surface area contributed by atoms with E-state index in [4.69, 9.17) is 14.6 Å². The average molecular weight is 242 g/mol. The highest BCUT2D eigenvalue weighted by Gasteiger charge is 2.19. The first kappa shape index (κ1) is 13.8. The van der Waals surface area contributed by atoms with Crippen LogP contribution in [0.25, 0.3) is 0 Å². The Labute approximate surface area is 100 Å². The van der Waals surface area contributed by atoms with E-state index in [9.17, 15) is 10.2 Å². The van der Waals surface area contributed by atoms with Crippen LogP contribution in [0.2, 0.25) is 0 Å². The molecule has 0 fully saturated rings. The van der Waals surface area contributed by atoms with Gasteiger partial charge in [-0.25, -0.2) is 0 Å². The first-order valence-electron chi connectivity index (χ1n) is 5.41. The van der Waals surface area contributed by atoms with Crippen molar-refractivity contribution in [1.82, 2.24) is 0 Å². The lowest BCUT2D eigenvalue weighted by molar-refractivity contribution is -0.0154. The quantitative estimate of drug-likeness (QED) is 0.676. The highest BCUT2D eigenvalue weighted by atomic mass is 16.5. The van der Waals surface area contributed by atoms with Crippen LogP contribution in [0.5, 0.6) is 11.5 Å². The van der Waals surface area contributed by atoms with Gasteiger partial charge in [0, 0.05) is 6.07 Å². The fraction of sp³-hybridized carbons (Fsp3) is 0.500. The molecule has 0 aromatic heterocycles. The maximum atomic E-state index is 9.78. The minimum atomic E-state index is -1.23. The normalized spacial score (nSPS) is 14.2. The van der Waals surface area contributed by atoms with Crippen molar-refractivity contribution < 1.29 is 24.8 Å². The predicted octanol–water partition coefficient (Wildman–Crippen LogP) is 0.480. The molecule has 2 atom stereocenters. The number of rotatable bonds is 6. The van der Waals surface area contributed by atoms with Gasteiger partial charge in [0.1, 0.15) is 23.7 Å². The fourth-order valence-electron chi connectivity index (χ4n) is 1.45. The Hall–Kier alpha value is -1.30. The summed E-state index contributed by atoms with van der Waals surface area (Å²) in [6.07, 6.45) is -2.40. The molecule has 0 aliphatic heterocycles. The topological polar surface area (TPSA) is 79.2 Å². The molecule has 0 spiro atoms. The van der Waals surface area contributed by atoms with Gasteiger partial charge in [-0.05, 0) is 24.6 Å². The summed E-state index contributed by atoms with van der Waals surface area (Å²) in [5.41, 5.74) is 0.439. The monoisotopic (exact) mass is 242 g/mol. The van der Waals surface area contributed by atoms with Gasteiger partial charge in [-0.1, -0.05) is 0 Å². The second-order valence-corrected chi connectivity index (χ2v) is 3.57. The largest absolute Gasteiger partial charge is 0.497 e. The number of aliphatic hydroxyl groups is 3. The third-order valence-corrected chi connectivity index (χ3v) is 2.34. The number of benzene rings is 1. The Morgan fingerprint density at radius 3 is 2.35 bits per heavy atom. The molecule has 0 radical (unpaired) electrons. The van der Waals surface area contributed by atoms with Gasteiger partial charge in [-0.3, -0.25) is 0 Å². The van der Waals surface area contributed by atoms with Crippen molar-refractivity contribution in [3.63, 3.8) is 0 Å². The van der Waals surface area contributed by atoms with Crippen LogP contribution in [0.3, 0.4) is 0 Å². The van der Waals surface area contributed by atoms with Crippen molar-refractivity contribution in [1.29, 1.82) is 0 Å². The van der Waals surface area contributed by atoms with Crippen molar-refractivity contribution in [2.75, 3.05) is 20.3 Å². The van der Waals surface area contributed by atoms with E-state index < -0.39 is 18.8 Å². The van der Waals surface area contributed by atoms with E-state index in [1.807, 2.05) is 6.92 Å². The molecule has 0 heterocycles. The Bertz CT molecular complexity index is 353. The van der Waals surface area contributed by atoms with E-state index in [1.54, 1.807) is 18.2 Å². The summed E-state index contributed by atoms with van der Waals surface area (Å²) in [5, 5.41) is 28.0. The molecular weight excluding hydrogens is 224 g/mol. The molecule has 0 amide bonds. The molecule has 0 saturated carbocycles. The summed E-state index contributed by atoms with van der Waals surface area (Å²) in [7, 11) is 1.50. The average Bonchev–Trinajstić information content (AvgIpc) is 2.36. The molecule has 0 aliphatic rings. The molecule has 0 bridgehead atoms. The molecule has 5 heteroatoms. The Kier molecular flexibility index (Phi) is 5.21. The number of hydrogen-bond donors (Lipinski definition) is 3. The molecule has 0 aliphatic carbocycles. The van der Waals surface area contributed by atoms with Crippen LogP contribution >= 0.6 is 0 Å².